The van der Waals surface area contributed by atoms with Gasteiger partial charge in [-0.2, -0.15) is 0 Å². The second kappa shape index (κ2) is 4.72. The molecule has 0 aromatic carbocycles. The second-order valence-electron chi connectivity index (χ2n) is 3.37. The molecular formula is C10H14BrNSi. The number of halogens is 1. The maximum absolute atomic E-state index is 4.32. The molecule has 13 heavy (non-hydrogen) atoms. The molecule has 0 fully saturated rings. The van der Waals surface area contributed by atoms with Crippen LogP contribution in [0, 0.1) is 0 Å². The van der Waals surface area contributed by atoms with Gasteiger partial charge in [-0.05, 0) is 33.1 Å². The van der Waals surface area contributed by atoms with Crippen molar-refractivity contribution in [1.82, 2.24) is 4.98 Å². The van der Waals surface area contributed by atoms with Crippen molar-refractivity contribution in [3.63, 3.8) is 0 Å². The normalized spacial score (nSPS) is 10.5. The molecule has 0 aliphatic rings. The van der Waals surface area contributed by atoms with E-state index in [4.69, 9.17) is 0 Å². The van der Waals surface area contributed by atoms with Crippen molar-refractivity contribution in [2.45, 2.75) is 19.5 Å². The van der Waals surface area contributed by atoms with Crippen LogP contribution < -0.4 is 5.19 Å². The topological polar surface area (TPSA) is 12.9 Å². The molecule has 0 aliphatic carbocycles. The summed E-state index contributed by atoms with van der Waals surface area (Å²) >= 11 is 3.48. The zero-order chi connectivity index (χ0) is 9.84. The van der Waals surface area contributed by atoms with Gasteiger partial charge in [-0.25, -0.2) is 4.98 Å². The minimum atomic E-state index is -0.765. The molecule has 0 unspecified atom stereocenters. The molecule has 1 nitrogen and oxygen atoms in total. The molecule has 0 N–H and O–H groups in total. The quantitative estimate of drug-likeness (QED) is 0.459. The van der Waals surface area contributed by atoms with Crippen molar-refractivity contribution in [2.75, 3.05) is 0 Å². The SMILES string of the molecule is C=CCc1cnc(Br)c([SiH](C)C)c1. The van der Waals surface area contributed by atoms with E-state index in [1.54, 1.807) is 0 Å². The molecule has 0 bridgehead atoms. The third-order valence-corrected chi connectivity index (χ3v) is 4.69. The fourth-order valence-corrected chi connectivity index (χ4v) is 3.88. The van der Waals surface area contributed by atoms with Crippen LogP contribution >= 0.6 is 15.9 Å². The standard InChI is InChI=1S/C10H14BrNSi/c1-4-5-8-6-9(13(2)3)10(11)12-7-8/h4,6-7,13H,1,5H2,2-3H3. The fraction of sp³-hybridized carbons (Fsp3) is 0.300. The highest BCUT2D eigenvalue weighted by Gasteiger charge is 2.07. The van der Waals surface area contributed by atoms with Gasteiger partial charge in [0.05, 0.1) is 8.80 Å². The zero-order valence-corrected chi connectivity index (χ0v) is 10.8. The van der Waals surface area contributed by atoms with Crippen molar-refractivity contribution in [2.24, 2.45) is 0 Å². The molecule has 0 aliphatic heterocycles. The third-order valence-electron chi connectivity index (χ3n) is 1.92. The summed E-state index contributed by atoms with van der Waals surface area (Å²) in [5.41, 5.74) is 1.26. The molecule has 3 heteroatoms. The van der Waals surface area contributed by atoms with E-state index in [1.165, 1.54) is 10.8 Å². The molecule has 0 radical (unpaired) electrons. The number of hydrogen-bond donors (Lipinski definition) is 0. The Morgan fingerprint density at radius 2 is 2.31 bits per heavy atom. The van der Waals surface area contributed by atoms with Crippen molar-refractivity contribution >= 4 is 29.9 Å². The van der Waals surface area contributed by atoms with E-state index in [2.05, 4.69) is 46.7 Å². The van der Waals surface area contributed by atoms with Crippen LogP contribution in [0.2, 0.25) is 13.1 Å². The summed E-state index contributed by atoms with van der Waals surface area (Å²) in [4.78, 5) is 4.32. The summed E-state index contributed by atoms with van der Waals surface area (Å²) < 4.78 is 1.02. The summed E-state index contributed by atoms with van der Waals surface area (Å²) in [6.45, 7) is 8.33. The van der Waals surface area contributed by atoms with Crippen molar-refractivity contribution in [1.29, 1.82) is 0 Å². The fourth-order valence-electron chi connectivity index (χ4n) is 1.19. The van der Waals surface area contributed by atoms with Gasteiger partial charge in [-0.3, -0.25) is 0 Å². The predicted molar refractivity (Wildman–Crippen MR) is 64.3 cm³/mol. The zero-order valence-electron chi connectivity index (χ0n) is 8.05. The first-order valence-electron chi connectivity index (χ1n) is 4.40. The average Bonchev–Trinajstić information content (AvgIpc) is 2.08. The molecule has 70 valence electrons. The summed E-state index contributed by atoms with van der Waals surface area (Å²) in [6.07, 6.45) is 4.73. The Kier molecular flexibility index (Phi) is 3.87. The van der Waals surface area contributed by atoms with Crippen LogP contribution in [0.3, 0.4) is 0 Å². The lowest BCUT2D eigenvalue weighted by Gasteiger charge is -2.07. The summed E-state index contributed by atoms with van der Waals surface area (Å²) in [6, 6.07) is 2.25. The number of hydrogen-bond acceptors (Lipinski definition) is 1. The second-order valence-corrected chi connectivity index (χ2v) is 7.05. The Bertz CT molecular complexity index is 310. The van der Waals surface area contributed by atoms with E-state index < -0.39 is 8.80 Å². The van der Waals surface area contributed by atoms with E-state index >= 15 is 0 Å². The lowest BCUT2D eigenvalue weighted by Crippen LogP contribution is -2.25. The summed E-state index contributed by atoms with van der Waals surface area (Å²) in [5, 5.41) is 1.40. The van der Waals surface area contributed by atoms with E-state index in [0.717, 1.165) is 11.0 Å². The van der Waals surface area contributed by atoms with Crippen molar-refractivity contribution < 1.29 is 0 Å². The summed E-state index contributed by atoms with van der Waals surface area (Å²) in [5.74, 6) is 0. The maximum atomic E-state index is 4.32. The first-order chi connectivity index (χ1) is 6.15. The molecule has 1 aromatic heterocycles. The van der Waals surface area contributed by atoms with Gasteiger partial charge < -0.3 is 0 Å². The van der Waals surface area contributed by atoms with Gasteiger partial charge in [0.2, 0.25) is 0 Å². The van der Waals surface area contributed by atoms with Crippen LogP contribution in [0.4, 0.5) is 0 Å². The Labute approximate surface area is 89.6 Å². The Morgan fingerprint density at radius 1 is 1.62 bits per heavy atom. The highest BCUT2D eigenvalue weighted by Crippen LogP contribution is 2.07. The van der Waals surface area contributed by atoms with Gasteiger partial charge in [0.15, 0.2) is 0 Å². The van der Waals surface area contributed by atoms with E-state index in [1.807, 2.05) is 12.3 Å². The molecule has 1 aromatic rings. The molecular weight excluding hydrogens is 242 g/mol. The molecule has 0 saturated carbocycles. The van der Waals surface area contributed by atoms with Gasteiger partial charge >= 0.3 is 0 Å². The van der Waals surface area contributed by atoms with Gasteiger partial charge in [0, 0.05) is 6.20 Å². The molecule has 0 atom stereocenters. The number of nitrogens with zero attached hydrogens (tertiary/aromatic N) is 1. The number of aromatic nitrogens is 1. The Balaban J connectivity index is 3.03. The molecule has 0 amide bonds. The lowest BCUT2D eigenvalue weighted by molar-refractivity contribution is 1.18. The number of allylic oxidation sites excluding steroid dienone is 1. The maximum Gasteiger partial charge on any atom is 0.104 e. The van der Waals surface area contributed by atoms with Gasteiger partial charge in [0.1, 0.15) is 4.60 Å². The van der Waals surface area contributed by atoms with Gasteiger partial charge in [-0.15, -0.1) is 6.58 Å². The van der Waals surface area contributed by atoms with Crippen LogP contribution in [0.1, 0.15) is 5.56 Å². The minimum absolute atomic E-state index is 0.765. The van der Waals surface area contributed by atoms with Crippen LogP contribution in [-0.2, 0) is 6.42 Å². The molecule has 1 heterocycles. The molecule has 1 rings (SSSR count). The Hall–Kier alpha value is -0.413. The van der Waals surface area contributed by atoms with Crippen LogP contribution in [0.25, 0.3) is 0 Å². The van der Waals surface area contributed by atoms with Crippen LogP contribution in [0.5, 0.6) is 0 Å². The van der Waals surface area contributed by atoms with Gasteiger partial charge in [0.25, 0.3) is 0 Å². The van der Waals surface area contributed by atoms with Crippen LogP contribution in [0.15, 0.2) is 29.5 Å². The van der Waals surface area contributed by atoms with Crippen molar-refractivity contribution in [3.8, 4) is 0 Å². The van der Waals surface area contributed by atoms with Gasteiger partial charge in [-0.1, -0.05) is 25.2 Å². The predicted octanol–water partition coefficient (Wildman–Crippen LogP) is 2.27. The Morgan fingerprint density at radius 3 is 2.85 bits per heavy atom. The van der Waals surface area contributed by atoms with Crippen LogP contribution in [-0.4, -0.2) is 13.8 Å². The smallest absolute Gasteiger partial charge is 0.104 e. The first kappa shape index (κ1) is 10.7. The number of pyridine rings is 1. The lowest BCUT2D eigenvalue weighted by atomic mass is 10.2. The summed E-state index contributed by atoms with van der Waals surface area (Å²) in [7, 11) is -0.765. The molecule has 0 saturated heterocycles. The van der Waals surface area contributed by atoms with E-state index in [-0.39, 0.29) is 0 Å². The molecule has 0 spiro atoms. The minimum Gasteiger partial charge on any atom is -0.249 e. The van der Waals surface area contributed by atoms with E-state index in [0.29, 0.717) is 0 Å². The third kappa shape index (κ3) is 2.78. The highest BCUT2D eigenvalue weighted by molar-refractivity contribution is 9.10. The highest BCUT2D eigenvalue weighted by atomic mass is 79.9. The first-order valence-corrected chi connectivity index (χ1v) is 8.08. The van der Waals surface area contributed by atoms with E-state index in [9.17, 15) is 0 Å². The monoisotopic (exact) mass is 255 g/mol. The average molecular weight is 256 g/mol. The number of rotatable bonds is 3. The largest absolute Gasteiger partial charge is 0.249 e. The van der Waals surface area contributed by atoms with Crippen molar-refractivity contribution in [3.05, 3.63) is 35.1 Å².